The molecule has 1 aromatic carbocycles. The molecule has 0 aliphatic carbocycles. The van der Waals surface area contributed by atoms with Crippen LogP contribution in [0, 0.1) is 5.82 Å². The number of nitrogens with one attached hydrogen (secondary N) is 1. The first-order chi connectivity index (χ1) is 12.5. The fourth-order valence-corrected chi connectivity index (χ4v) is 2.12. The molecule has 1 N–H and O–H groups in total. The predicted molar refractivity (Wildman–Crippen MR) is 84.4 cm³/mol. The first-order valence-electron chi connectivity index (χ1n) is 6.83. The molecular weight excluding hydrogens is 400 g/mol. The SMILES string of the molecule is C=C(Oc1cc(-n2c(=O)cc(C(F)(F)F)[nH]c2=O)c(F)cc1Cl)C(=O)OC. The highest BCUT2D eigenvalue weighted by Crippen LogP contribution is 2.30. The van der Waals surface area contributed by atoms with Crippen molar-refractivity contribution in [3.8, 4) is 11.4 Å². The van der Waals surface area contributed by atoms with Crippen molar-refractivity contribution in [1.29, 1.82) is 0 Å². The Hall–Kier alpha value is -3.08. The quantitative estimate of drug-likeness (QED) is 0.363. The normalized spacial score (nSPS) is 11.2. The predicted octanol–water partition coefficient (Wildman–Crippen LogP) is 2.40. The van der Waals surface area contributed by atoms with Gasteiger partial charge in [0.25, 0.3) is 5.56 Å². The minimum absolute atomic E-state index is 0.0867. The molecule has 0 aliphatic rings. The van der Waals surface area contributed by atoms with Crippen molar-refractivity contribution in [1.82, 2.24) is 9.55 Å². The van der Waals surface area contributed by atoms with Gasteiger partial charge in [-0.3, -0.25) is 4.79 Å². The lowest BCUT2D eigenvalue weighted by Gasteiger charge is -2.13. The van der Waals surface area contributed by atoms with E-state index in [1.54, 1.807) is 0 Å². The molecule has 144 valence electrons. The Morgan fingerprint density at radius 3 is 2.41 bits per heavy atom. The number of ether oxygens (including phenoxy) is 2. The number of alkyl halides is 3. The van der Waals surface area contributed by atoms with Crippen molar-refractivity contribution in [3.05, 3.63) is 67.9 Å². The first kappa shape index (κ1) is 20.2. The van der Waals surface area contributed by atoms with Gasteiger partial charge in [-0.15, -0.1) is 0 Å². The fraction of sp³-hybridized carbons (Fsp3) is 0.133. The largest absolute Gasteiger partial charge is 0.463 e. The standard InChI is InChI=1S/C15H9ClF4N2O5/c1-6(13(24)26-2)27-10-4-9(8(17)3-7(10)16)22-12(23)5-11(15(18,19)20)21-14(22)25/h3-5H,1H2,2H3,(H,21,25). The Bertz CT molecular complexity index is 1010. The topological polar surface area (TPSA) is 90.4 Å². The van der Waals surface area contributed by atoms with Gasteiger partial charge in [0.15, 0.2) is 0 Å². The van der Waals surface area contributed by atoms with Crippen molar-refractivity contribution in [2.24, 2.45) is 0 Å². The summed E-state index contributed by atoms with van der Waals surface area (Å²) in [6.07, 6.45) is -4.98. The molecule has 27 heavy (non-hydrogen) atoms. The van der Waals surface area contributed by atoms with Crippen LogP contribution in [0.5, 0.6) is 5.75 Å². The highest BCUT2D eigenvalue weighted by molar-refractivity contribution is 6.32. The lowest BCUT2D eigenvalue weighted by Crippen LogP contribution is -2.36. The van der Waals surface area contributed by atoms with Crippen LogP contribution in [0.15, 0.2) is 40.1 Å². The third-order valence-electron chi connectivity index (χ3n) is 3.13. The lowest BCUT2D eigenvalue weighted by molar-refractivity contribution is -0.141. The van der Waals surface area contributed by atoms with E-state index in [2.05, 4.69) is 11.3 Å². The lowest BCUT2D eigenvalue weighted by atomic mass is 10.2. The molecule has 12 heteroatoms. The van der Waals surface area contributed by atoms with Gasteiger partial charge < -0.3 is 14.5 Å². The van der Waals surface area contributed by atoms with Crippen molar-refractivity contribution < 1.29 is 31.8 Å². The minimum Gasteiger partial charge on any atom is -0.463 e. The van der Waals surface area contributed by atoms with Gasteiger partial charge in [-0.25, -0.2) is 18.5 Å². The molecule has 0 atom stereocenters. The van der Waals surface area contributed by atoms with Gasteiger partial charge in [-0.1, -0.05) is 11.6 Å². The number of carbonyl (C=O) groups is 1. The highest BCUT2D eigenvalue weighted by atomic mass is 35.5. The smallest absolute Gasteiger partial charge is 0.431 e. The van der Waals surface area contributed by atoms with Gasteiger partial charge in [-0.2, -0.15) is 13.2 Å². The van der Waals surface area contributed by atoms with E-state index < -0.39 is 52.1 Å². The Morgan fingerprint density at radius 2 is 1.89 bits per heavy atom. The number of nitrogens with zero attached hydrogens (tertiary/aromatic N) is 1. The van der Waals surface area contributed by atoms with Crippen LogP contribution in [0.3, 0.4) is 0 Å². The van der Waals surface area contributed by atoms with Gasteiger partial charge in [-0.05, 0) is 12.6 Å². The molecule has 0 spiro atoms. The van der Waals surface area contributed by atoms with Crippen molar-refractivity contribution in [3.63, 3.8) is 0 Å². The van der Waals surface area contributed by atoms with Crippen LogP contribution in [0.1, 0.15) is 5.69 Å². The number of aromatic nitrogens is 2. The second-order valence-electron chi connectivity index (χ2n) is 4.91. The van der Waals surface area contributed by atoms with Crippen LogP contribution in [-0.2, 0) is 15.7 Å². The minimum atomic E-state index is -4.98. The van der Waals surface area contributed by atoms with Gasteiger partial charge >= 0.3 is 17.8 Å². The van der Waals surface area contributed by atoms with Crippen molar-refractivity contribution in [2.75, 3.05) is 7.11 Å². The molecule has 0 saturated heterocycles. The zero-order chi connectivity index (χ0) is 20.5. The zero-order valence-electron chi connectivity index (χ0n) is 13.3. The van der Waals surface area contributed by atoms with Crippen molar-refractivity contribution >= 4 is 17.6 Å². The summed E-state index contributed by atoms with van der Waals surface area (Å²) in [6.45, 7) is 3.25. The maximum absolute atomic E-state index is 14.2. The first-order valence-corrected chi connectivity index (χ1v) is 7.21. The average Bonchev–Trinajstić information content (AvgIpc) is 2.56. The third-order valence-corrected chi connectivity index (χ3v) is 3.42. The zero-order valence-corrected chi connectivity index (χ0v) is 14.1. The van der Waals surface area contributed by atoms with E-state index in [4.69, 9.17) is 16.3 Å². The molecule has 2 rings (SSSR count). The van der Waals surface area contributed by atoms with Gasteiger partial charge in [0.2, 0.25) is 5.76 Å². The average molecular weight is 409 g/mol. The molecule has 7 nitrogen and oxygen atoms in total. The summed E-state index contributed by atoms with van der Waals surface area (Å²) in [5, 5.41) is -0.363. The number of carbonyl (C=O) groups excluding carboxylic acids is 1. The Morgan fingerprint density at radius 1 is 1.26 bits per heavy atom. The number of esters is 1. The number of H-pyrrole nitrogens is 1. The summed E-state index contributed by atoms with van der Waals surface area (Å²) < 4.78 is 61.6. The summed E-state index contributed by atoms with van der Waals surface area (Å²) in [6, 6.07) is 1.47. The summed E-state index contributed by atoms with van der Waals surface area (Å²) in [5.74, 6) is -3.13. The molecule has 0 radical (unpaired) electrons. The molecular formula is C15H9ClF4N2O5. The van der Waals surface area contributed by atoms with Crippen LogP contribution in [0.2, 0.25) is 5.02 Å². The number of aromatic amines is 1. The van der Waals surface area contributed by atoms with E-state index in [0.29, 0.717) is 6.07 Å². The third kappa shape index (κ3) is 4.19. The van der Waals surface area contributed by atoms with E-state index >= 15 is 0 Å². The van der Waals surface area contributed by atoms with E-state index in [1.807, 2.05) is 0 Å². The maximum atomic E-state index is 14.2. The van der Waals surface area contributed by atoms with Gasteiger partial charge in [0, 0.05) is 12.1 Å². The van der Waals surface area contributed by atoms with E-state index in [1.165, 1.54) is 4.98 Å². The van der Waals surface area contributed by atoms with Gasteiger partial charge in [0.05, 0.1) is 17.8 Å². The summed E-state index contributed by atoms with van der Waals surface area (Å²) in [4.78, 5) is 36.6. The summed E-state index contributed by atoms with van der Waals surface area (Å²) in [7, 11) is 1.04. The number of halogens is 5. The number of hydrogen-bond donors (Lipinski definition) is 1. The van der Waals surface area contributed by atoms with E-state index in [0.717, 1.165) is 13.2 Å². The number of hydrogen-bond acceptors (Lipinski definition) is 5. The Balaban J connectivity index is 2.62. The summed E-state index contributed by atoms with van der Waals surface area (Å²) >= 11 is 5.77. The number of methoxy groups -OCH3 is 1. The molecule has 0 unspecified atom stereocenters. The van der Waals surface area contributed by atoms with Crippen LogP contribution in [0.4, 0.5) is 17.6 Å². The van der Waals surface area contributed by atoms with E-state index in [9.17, 15) is 31.9 Å². The molecule has 0 fully saturated rings. The molecule has 0 amide bonds. The molecule has 0 bridgehead atoms. The maximum Gasteiger partial charge on any atom is 0.431 e. The fourth-order valence-electron chi connectivity index (χ4n) is 1.93. The highest BCUT2D eigenvalue weighted by Gasteiger charge is 2.33. The monoisotopic (exact) mass is 408 g/mol. The van der Waals surface area contributed by atoms with Crippen LogP contribution >= 0.6 is 11.6 Å². The second-order valence-corrected chi connectivity index (χ2v) is 5.32. The van der Waals surface area contributed by atoms with Crippen LogP contribution < -0.4 is 16.0 Å². The molecule has 0 aliphatic heterocycles. The van der Waals surface area contributed by atoms with Crippen LogP contribution in [-0.4, -0.2) is 22.6 Å². The molecule has 1 heterocycles. The second kappa shape index (κ2) is 7.27. The van der Waals surface area contributed by atoms with Crippen molar-refractivity contribution in [2.45, 2.75) is 6.18 Å². The van der Waals surface area contributed by atoms with E-state index in [-0.39, 0.29) is 15.7 Å². The molecule has 0 saturated carbocycles. The van der Waals surface area contributed by atoms with Crippen LogP contribution in [0.25, 0.3) is 5.69 Å². The molecule has 2 aromatic rings. The number of benzene rings is 1. The Kier molecular flexibility index (Phi) is 5.45. The molecule has 1 aromatic heterocycles. The Labute approximate surface area is 152 Å². The van der Waals surface area contributed by atoms with Gasteiger partial charge in [0.1, 0.15) is 17.3 Å². The summed E-state index contributed by atoms with van der Waals surface area (Å²) in [5.41, 5.74) is -5.36. The number of rotatable bonds is 4.